The Hall–Kier alpha value is -2.28. The third kappa shape index (κ3) is 8.77. The van der Waals surface area contributed by atoms with Gasteiger partial charge in [0.1, 0.15) is 29.6 Å². The van der Waals surface area contributed by atoms with Crippen molar-refractivity contribution in [2.75, 3.05) is 6.61 Å². The summed E-state index contributed by atoms with van der Waals surface area (Å²) in [6.07, 6.45) is 1.17. The number of alkyl carbamates (subject to hydrolysis) is 1. The molecule has 31 heavy (non-hydrogen) atoms. The highest BCUT2D eigenvalue weighted by molar-refractivity contribution is 5.81. The first-order valence-corrected chi connectivity index (χ1v) is 11.1. The van der Waals surface area contributed by atoms with Gasteiger partial charge in [0.15, 0.2) is 6.10 Å². The third-order valence-electron chi connectivity index (χ3n) is 4.79. The van der Waals surface area contributed by atoms with E-state index in [1.165, 1.54) is 0 Å². The summed E-state index contributed by atoms with van der Waals surface area (Å²) < 4.78 is 23.3. The number of benzene rings is 1. The largest absolute Gasteiger partial charge is 0.484 e. The average molecular weight is 436 g/mol. The number of carbonyl (C=O) groups is 2. The van der Waals surface area contributed by atoms with E-state index in [1.807, 2.05) is 30.3 Å². The lowest BCUT2D eigenvalue weighted by atomic mass is 10.0. The second-order valence-corrected chi connectivity index (χ2v) is 9.08. The standard InChI is InChI=1S/C24H37NO6/c1-7-15-28-21(18-13-14-18)20(30-19-11-9-8-10-12-19)17(3)29-22(26)16(2)25-23(27)31-24(4,5)6/h8-12,16-18,20-21H,7,13-15H2,1-6H3,(H,25,27)/t16-,17-,20-,21-/m0/s1. The molecule has 1 aromatic carbocycles. The van der Waals surface area contributed by atoms with Gasteiger partial charge in [-0.15, -0.1) is 0 Å². The zero-order valence-electron chi connectivity index (χ0n) is 19.6. The fourth-order valence-corrected chi connectivity index (χ4v) is 3.16. The van der Waals surface area contributed by atoms with E-state index in [-0.39, 0.29) is 6.10 Å². The summed E-state index contributed by atoms with van der Waals surface area (Å²) in [6.45, 7) is 11.3. The normalized spacial score (nSPS) is 17.7. The highest BCUT2D eigenvalue weighted by Crippen LogP contribution is 2.38. The van der Waals surface area contributed by atoms with E-state index in [2.05, 4.69) is 12.2 Å². The summed E-state index contributed by atoms with van der Waals surface area (Å²) in [4.78, 5) is 24.6. The van der Waals surface area contributed by atoms with Crippen molar-refractivity contribution in [3.8, 4) is 5.75 Å². The number of hydrogen-bond acceptors (Lipinski definition) is 6. The Kier molecular flexibility index (Phi) is 9.16. The summed E-state index contributed by atoms with van der Waals surface area (Å²) in [5.41, 5.74) is -0.649. The van der Waals surface area contributed by atoms with Gasteiger partial charge in [0.25, 0.3) is 0 Å². The van der Waals surface area contributed by atoms with Crippen LogP contribution in [0.3, 0.4) is 0 Å². The molecule has 0 heterocycles. The van der Waals surface area contributed by atoms with Gasteiger partial charge in [-0.2, -0.15) is 0 Å². The van der Waals surface area contributed by atoms with Gasteiger partial charge >= 0.3 is 12.1 Å². The minimum atomic E-state index is -0.856. The first kappa shape index (κ1) is 25.0. The summed E-state index contributed by atoms with van der Waals surface area (Å²) in [7, 11) is 0. The minimum Gasteiger partial charge on any atom is -0.484 e. The van der Waals surface area contributed by atoms with E-state index in [0.717, 1.165) is 19.3 Å². The van der Waals surface area contributed by atoms with E-state index in [1.54, 1.807) is 34.6 Å². The second-order valence-electron chi connectivity index (χ2n) is 9.08. The molecule has 4 atom stereocenters. The number of nitrogens with one attached hydrogen (secondary N) is 1. The van der Waals surface area contributed by atoms with E-state index < -0.39 is 35.9 Å². The Morgan fingerprint density at radius 2 is 1.77 bits per heavy atom. The molecule has 0 bridgehead atoms. The molecule has 0 aliphatic heterocycles. The van der Waals surface area contributed by atoms with Gasteiger partial charge in [0, 0.05) is 6.61 Å². The van der Waals surface area contributed by atoms with Crippen LogP contribution in [0.15, 0.2) is 30.3 Å². The van der Waals surface area contributed by atoms with Crippen molar-refractivity contribution in [2.45, 2.75) is 90.8 Å². The van der Waals surface area contributed by atoms with Gasteiger partial charge in [0.2, 0.25) is 0 Å². The zero-order chi connectivity index (χ0) is 23.0. The smallest absolute Gasteiger partial charge is 0.408 e. The summed E-state index contributed by atoms with van der Waals surface area (Å²) in [5.74, 6) is 0.532. The van der Waals surface area contributed by atoms with Crippen LogP contribution >= 0.6 is 0 Å². The van der Waals surface area contributed by atoms with Crippen molar-refractivity contribution < 1.29 is 28.5 Å². The van der Waals surface area contributed by atoms with Gasteiger partial charge in [-0.1, -0.05) is 25.1 Å². The molecule has 0 unspecified atom stereocenters. The molecule has 1 saturated carbocycles. The summed E-state index contributed by atoms with van der Waals surface area (Å²) in [6, 6.07) is 8.60. The lowest BCUT2D eigenvalue weighted by Gasteiger charge is -2.32. The van der Waals surface area contributed by atoms with Crippen LogP contribution in [0.2, 0.25) is 0 Å². The van der Waals surface area contributed by atoms with Crippen LogP contribution in [0, 0.1) is 5.92 Å². The maximum Gasteiger partial charge on any atom is 0.408 e. The Balaban J connectivity index is 2.06. The molecular weight excluding hydrogens is 398 g/mol. The van der Waals surface area contributed by atoms with E-state index in [0.29, 0.717) is 18.3 Å². The average Bonchev–Trinajstić information content (AvgIpc) is 3.51. The van der Waals surface area contributed by atoms with Crippen LogP contribution < -0.4 is 10.1 Å². The SMILES string of the molecule is CCCO[C@@H](C1CC1)[C@@H](Oc1ccccc1)[C@H](C)OC(=O)[C@H](C)NC(=O)OC(C)(C)C. The van der Waals surface area contributed by atoms with Crippen LogP contribution in [-0.2, 0) is 19.0 Å². The summed E-state index contributed by atoms with van der Waals surface area (Å²) >= 11 is 0. The van der Waals surface area contributed by atoms with Crippen molar-refractivity contribution in [3.05, 3.63) is 30.3 Å². The van der Waals surface area contributed by atoms with Crippen LogP contribution in [0.1, 0.15) is 60.8 Å². The van der Waals surface area contributed by atoms with Crippen molar-refractivity contribution in [2.24, 2.45) is 5.92 Å². The predicted molar refractivity (Wildman–Crippen MR) is 118 cm³/mol. The quantitative estimate of drug-likeness (QED) is 0.516. The van der Waals surface area contributed by atoms with Crippen molar-refractivity contribution in [1.29, 1.82) is 0 Å². The maximum absolute atomic E-state index is 12.6. The molecule has 0 aromatic heterocycles. The number of amides is 1. The van der Waals surface area contributed by atoms with Gasteiger partial charge in [-0.25, -0.2) is 9.59 Å². The van der Waals surface area contributed by atoms with Crippen LogP contribution in [0.5, 0.6) is 5.75 Å². The van der Waals surface area contributed by atoms with Crippen LogP contribution in [0.4, 0.5) is 4.79 Å². The van der Waals surface area contributed by atoms with Crippen LogP contribution in [-0.4, -0.2) is 48.6 Å². The number of carbonyl (C=O) groups excluding carboxylic acids is 2. The molecule has 1 fully saturated rings. The molecule has 174 valence electrons. The highest BCUT2D eigenvalue weighted by Gasteiger charge is 2.42. The Labute approximate surface area is 185 Å². The van der Waals surface area contributed by atoms with E-state index in [9.17, 15) is 9.59 Å². The maximum atomic E-state index is 12.6. The summed E-state index contributed by atoms with van der Waals surface area (Å²) in [5, 5.41) is 2.52. The Morgan fingerprint density at radius 1 is 1.13 bits per heavy atom. The third-order valence-corrected chi connectivity index (χ3v) is 4.79. The molecule has 1 amide bonds. The lowest BCUT2D eigenvalue weighted by molar-refractivity contribution is -0.161. The highest BCUT2D eigenvalue weighted by atomic mass is 16.6. The zero-order valence-corrected chi connectivity index (χ0v) is 19.6. The first-order chi connectivity index (χ1) is 14.6. The predicted octanol–water partition coefficient (Wildman–Crippen LogP) is 4.48. The number of para-hydroxylation sites is 1. The Morgan fingerprint density at radius 3 is 2.32 bits per heavy atom. The fourth-order valence-electron chi connectivity index (χ4n) is 3.16. The fraction of sp³-hybridized carbons (Fsp3) is 0.667. The molecule has 1 aliphatic carbocycles. The van der Waals surface area contributed by atoms with Crippen LogP contribution in [0.25, 0.3) is 0 Å². The molecular formula is C24H37NO6. The molecule has 0 spiro atoms. The molecule has 1 aliphatic rings. The Bertz CT molecular complexity index is 698. The van der Waals surface area contributed by atoms with E-state index in [4.69, 9.17) is 18.9 Å². The van der Waals surface area contributed by atoms with Gasteiger partial charge in [0.05, 0.1) is 0 Å². The molecule has 0 saturated heterocycles. The van der Waals surface area contributed by atoms with Crippen molar-refractivity contribution in [1.82, 2.24) is 5.32 Å². The monoisotopic (exact) mass is 435 g/mol. The molecule has 2 rings (SSSR count). The molecule has 7 nitrogen and oxygen atoms in total. The molecule has 0 radical (unpaired) electrons. The van der Waals surface area contributed by atoms with Gasteiger partial charge in [-0.3, -0.25) is 0 Å². The number of hydrogen-bond donors (Lipinski definition) is 1. The second kappa shape index (κ2) is 11.4. The molecule has 1 N–H and O–H groups in total. The van der Waals surface area contributed by atoms with Gasteiger partial charge < -0.3 is 24.3 Å². The molecule has 7 heteroatoms. The van der Waals surface area contributed by atoms with Gasteiger partial charge in [-0.05, 0) is 71.9 Å². The van der Waals surface area contributed by atoms with E-state index >= 15 is 0 Å². The van der Waals surface area contributed by atoms with Crippen molar-refractivity contribution in [3.63, 3.8) is 0 Å². The minimum absolute atomic E-state index is 0.169. The number of rotatable bonds is 11. The first-order valence-electron chi connectivity index (χ1n) is 11.1. The number of esters is 1. The lowest BCUT2D eigenvalue weighted by Crippen LogP contribution is -2.48. The molecule has 1 aromatic rings. The topological polar surface area (TPSA) is 83.1 Å². The number of ether oxygens (including phenoxy) is 4. The van der Waals surface area contributed by atoms with Crippen molar-refractivity contribution >= 4 is 12.1 Å².